The van der Waals surface area contributed by atoms with Crippen LogP contribution in [-0.4, -0.2) is 29.3 Å². The summed E-state index contributed by atoms with van der Waals surface area (Å²) in [7, 11) is 0. The number of halogens is 1. The van der Waals surface area contributed by atoms with Crippen molar-refractivity contribution in [1.82, 2.24) is 15.5 Å². The van der Waals surface area contributed by atoms with Crippen LogP contribution in [0.2, 0.25) is 5.02 Å². The minimum absolute atomic E-state index is 0.273. The fraction of sp³-hybridized carbons (Fsp3) is 0.318. The molecule has 1 saturated heterocycles. The quantitative estimate of drug-likeness (QED) is 0.757. The zero-order valence-corrected chi connectivity index (χ0v) is 16.8. The SMILES string of the molecule is C[C@@H](NC(=O)CN1C(=O)N[C@@]2(CCCc3ccccc32)C1=O)c1ccc(Cl)cc1. The second-order valence-electron chi connectivity index (χ2n) is 7.58. The number of carbonyl (C=O) groups is 3. The summed E-state index contributed by atoms with van der Waals surface area (Å²) in [6, 6.07) is 14.0. The van der Waals surface area contributed by atoms with Crippen molar-refractivity contribution in [3.63, 3.8) is 0 Å². The Hall–Kier alpha value is -2.86. The standard InChI is InChI=1S/C22H22ClN3O3/c1-14(15-8-10-17(23)11-9-15)24-19(27)13-26-20(28)22(25-21(26)29)12-4-6-16-5-2-3-7-18(16)22/h2-3,5,7-11,14H,4,6,12-13H2,1H3,(H,24,27)(H,25,29)/t14-,22-/m1/s1. The molecule has 4 rings (SSSR count). The number of imide groups is 1. The third kappa shape index (κ3) is 3.49. The number of urea groups is 1. The van der Waals surface area contributed by atoms with Crippen molar-refractivity contribution < 1.29 is 14.4 Å². The lowest BCUT2D eigenvalue weighted by Gasteiger charge is -2.33. The fourth-order valence-electron chi connectivity index (χ4n) is 4.22. The summed E-state index contributed by atoms with van der Waals surface area (Å²) < 4.78 is 0. The minimum Gasteiger partial charge on any atom is -0.348 e. The van der Waals surface area contributed by atoms with Crippen LogP contribution >= 0.6 is 11.6 Å². The molecule has 2 aromatic carbocycles. The first-order valence-corrected chi connectivity index (χ1v) is 10.1. The van der Waals surface area contributed by atoms with Crippen molar-refractivity contribution in [2.24, 2.45) is 0 Å². The van der Waals surface area contributed by atoms with Gasteiger partial charge in [0.2, 0.25) is 5.91 Å². The molecule has 0 aromatic heterocycles. The van der Waals surface area contributed by atoms with E-state index in [4.69, 9.17) is 11.6 Å². The maximum absolute atomic E-state index is 13.2. The molecule has 1 spiro atoms. The smallest absolute Gasteiger partial charge is 0.325 e. The summed E-state index contributed by atoms with van der Waals surface area (Å²) >= 11 is 5.90. The highest BCUT2D eigenvalue weighted by Gasteiger charge is 2.54. The van der Waals surface area contributed by atoms with Gasteiger partial charge >= 0.3 is 6.03 Å². The lowest BCUT2D eigenvalue weighted by atomic mass is 9.76. The molecule has 2 aromatic rings. The number of hydrogen-bond donors (Lipinski definition) is 2. The van der Waals surface area contributed by atoms with Gasteiger partial charge in [-0.15, -0.1) is 0 Å². The molecule has 1 fully saturated rings. The molecule has 150 valence electrons. The highest BCUT2D eigenvalue weighted by Crippen LogP contribution is 2.39. The average Bonchev–Trinajstić information content (AvgIpc) is 2.93. The van der Waals surface area contributed by atoms with Gasteiger partial charge in [-0.2, -0.15) is 0 Å². The minimum atomic E-state index is -1.06. The van der Waals surface area contributed by atoms with Crippen LogP contribution in [0.25, 0.3) is 0 Å². The lowest BCUT2D eigenvalue weighted by molar-refractivity contribution is -0.135. The average molecular weight is 412 g/mol. The molecule has 0 unspecified atom stereocenters. The van der Waals surface area contributed by atoms with E-state index in [1.807, 2.05) is 43.3 Å². The fourth-order valence-corrected chi connectivity index (χ4v) is 4.35. The summed E-state index contributed by atoms with van der Waals surface area (Å²) in [5.74, 6) is -0.749. The summed E-state index contributed by atoms with van der Waals surface area (Å²) in [5.41, 5.74) is 1.73. The first-order valence-electron chi connectivity index (χ1n) is 9.68. The highest BCUT2D eigenvalue weighted by molar-refractivity contribution is 6.30. The molecule has 29 heavy (non-hydrogen) atoms. The van der Waals surface area contributed by atoms with Gasteiger partial charge in [-0.1, -0.05) is 48.0 Å². The normalized spacial score (nSPS) is 21.7. The Morgan fingerprint density at radius 3 is 2.69 bits per heavy atom. The molecule has 0 bridgehead atoms. The molecule has 1 aliphatic carbocycles. The van der Waals surface area contributed by atoms with Gasteiger partial charge in [0, 0.05) is 5.02 Å². The van der Waals surface area contributed by atoms with Crippen molar-refractivity contribution in [1.29, 1.82) is 0 Å². The van der Waals surface area contributed by atoms with Crippen LogP contribution in [0.1, 0.15) is 42.5 Å². The number of fused-ring (bicyclic) bond motifs is 2. The number of rotatable bonds is 4. The third-order valence-corrected chi connectivity index (χ3v) is 5.95. The second kappa shape index (κ2) is 7.52. The Labute approximate surface area is 174 Å². The Kier molecular flexibility index (Phi) is 5.04. The zero-order chi connectivity index (χ0) is 20.6. The molecular weight excluding hydrogens is 390 g/mol. The molecule has 0 saturated carbocycles. The largest absolute Gasteiger partial charge is 0.348 e. The summed E-state index contributed by atoms with van der Waals surface area (Å²) in [6.07, 6.45) is 2.21. The Balaban J connectivity index is 1.49. The Bertz CT molecular complexity index is 976. The van der Waals surface area contributed by atoms with Crippen molar-refractivity contribution in [2.45, 2.75) is 37.8 Å². The Morgan fingerprint density at radius 1 is 1.21 bits per heavy atom. The van der Waals surface area contributed by atoms with E-state index in [-0.39, 0.29) is 18.5 Å². The maximum Gasteiger partial charge on any atom is 0.325 e. The van der Waals surface area contributed by atoms with Gasteiger partial charge in [0.1, 0.15) is 12.1 Å². The van der Waals surface area contributed by atoms with Gasteiger partial charge < -0.3 is 10.6 Å². The second-order valence-corrected chi connectivity index (χ2v) is 8.01. The lowest BCUT2D eigenvalue weighted by Crippen LogP contribution is -2.47. The van der Waals surface area contributed by atoms with Crippen LogP contribution in [0.4, 0.5) is 4.79 Å². The molecule has 1 aliphatic heterocycles. The van der Waals surface area contributed by atoms with Crippen molar-refractivity contribution in [2.75, 3.05) is 6.54 Å². The summed E-state index contributed by atoms with van der Waals surface area (Å²) in [6.45, 7) is 1.53. The number of carbonyl (C=O) groups excluding carboxylic acids is 3. The van der Waals surface area contributed by atoms with Gasteiger partial charge in [0.25, 0.3) is 5.91 Å². The molecule has 6 nitrogen and oxygen atoms in total. The molecule has 1 heterocycles. The van der Waals surface area contributed by atoms with E-state index in [9.17, 15) is 14.4 Å². The van der Waals surface area contributed by atoms with Gasteiger partial charge in [-0.3, -0.25) is 14.5 Å². The maximum atomic E-state index is 13.2. The summed E-state index contributed by atoms with van der Waals surface area (Å²) in [5, 5.41) is 6.32. The first-order chi connectivity index (χ1) is 13.9. The number of nitrogens with zero attached hydrogens (tertiary/aromatic N) is 1. The van der Waals surface area contributed by atoms with Crippen LogP contribution in [0, 0.1) is 0 Å². The van der Waals surface area contributed by atoms with Gasteiger partial charge in [0.15, 0.2) is 0 Å². The molecule has 2 N–H and O–H groups in total. The first kappa shape index (κ1) is 19.5. The topological polar surface area (TPSA) is 78.5 Å². The van der Waals surface area contributed by atoms with Crippen LogP contribution in [0.3, 0.4) is 0 Å². The number of benzene rings is 2. The number of amides is 4. The molecule has 2 aliphatic rings. The number of hydrogen-bond acceptors (Lipinski definition) is 3. The van der Waals surface area contributed by atoms with Crippen molar-refractivity contribution >= 4 is 29.4 Å². The van der Waals surface area contributed by atoms with Gasteiger partial charge in [-0.25, -0.2) is 4.79 Å². The molecular formula is C22H22ClN3O3. The Morgan fingerprint density at radius 2 is 1.93 bits per heavy atom. The number of nitrogens with one attached hydrogen (secondary N) is 2. The molecule has 4 amide bonds. The van der Waals surface area contributed by atoms with Crippen LogP contribution in [-0.2, 0) is 21.5 Å². The van der Waals surface area contributed by atoms with E-state index in [0.29, 0.717) is 11.4 Å². The third-order valence-electron chi connectivity index (χ3n) is 5.70. The van der Waals surface area contributed by atoms with E-state index in [1.54, 1.807) is 12.1 Å². The molecule has 2 atom stereocenters. The van der Waals surface area contributed by atoms with Crippen LogP contribution in [0.5, 0.6) is 0 Å². The van der Waals surface area contributed by atoms with E-state index in [0.717, 1.165) is 34.4 Å². The van der Waals surface area contributed by atoms with Crippen LogP contribution in [0.15, 0.2) is 48.5 Å². The molecule has 0 radical (unpaired) electrons. The molecule has 7 heteroatoms. The van der Waals surface area contributed by atoms with Crippen molar-refractivity contribution in [3.8, 4) is 0 Å². The summed E-state index contributed by atoms with van der Waals surface area (Å²) in [4.78, 5) is 39.4. The van der Waals surface area contributed by atoms with E-state index >= 15 is 0 Å². The number of aryl methyl sites for hydroxylation is 1. The van der Waals surface area contributed by atoms with E-state index in [1.165, 1.54) is 0 Å². The predicted octanol–water partition coefficient (Wildman–Crippen LogP) is 3.30. The van der Waals surface area contributed by atoms with Crippen molar-refractivity contribution in [3.05, 3.63) is 70.2 Å². The van der Waals surface area contributed by atoms with Gasteiger partial charge in [0.05, 0.1) is 6.04 Å². The predicted molar refractivity (Wildman–Crippen MR) is 109 cm³/mol. The van der Waals surface area contributed by atoms with E-state index < -0.39 is 17.5 Å². The zero-order valence-electron chi connectivity index (χ0n) is 16.1. The monoisotopic (exact) mass is 411 g/mol. The highest BCUT2D eigenvalue weighted by atomic mass is 35.5. The van der Waals surface area contributed by atoms with E-state index in [2.05, 4.69) is 10.6 Å². The van der Waals surface area contributed by atoms with Gasteiger partial charge in [-0.05, 0) is 55.0 Å². The van der Waals surface area contributed by atoms with Crippen LogP contribution < -0.4 is 10.6 Å².